The monoisotopic (exact) mass is 230 g/mol. The molecule has 0 amide bonds. The molecular weight excluding hydrogens is 218 g/mol. The summed E-state index contributed by atoms with van der Waals surface area (Å²) in [6, 6.07) is 7.97. The van der Waals surface area contributed by atoms with Gasteiger partial charge in [0.05, 0.1) is 6.54 Å². The molecule has 1 aliphatic rings. The summed E-state index contributed by atoms with van der Waals surface area (Å²) in [7, 11) is 1.96. The smallest absolute Gasteiger partial charge is 0.223 e. The van der Waals surface area contributed by atoms with E-state index < -0.39 is 0 Å². The molecule has 88 valence electrons. The molecular formula is C11H12N5O-. The number of aromatic nitrogens is 2. The summed E-state index contributed by atoms with van der Waals surface area (Å²) in [4.78, 5) is 4.17. The van der Waals surface area contributed by atoms with E-state index in [-0.39, 0.29) is 0 Å². The molecule has 0 saturated heterocycles. The Morgan fingerprint density at radius 1 is 1.35 bits per heavy atom. The molecule has 0 unspecified atom stereocenters. The number of aryl methyl sites for hydroxylation is 1. The van der Waals surface area contributed by atoms with Gasteiger partial charge in [-0.2, -0.15) is 4.98 Å². The molecule has 0 spiro atoms. The Labute approximate surface area is 98.8 Å². The lowest BCUT2D eigenvalue weighted by Gasteiger charge is -2.34. The fourth-order valence-electron chi connectivity index (χ4n) is 1.81. The topological polar surface area (TPSA) is 59.5 Å². The van der Waals surface area contributed by atoms with E-state index in [2.05, 4.69) is 15.6 Å². The summed E-state index contributed by atoms with van der Waals surface area (Å²) >= 11 is 0. The quantitative estimate of drug-likeness (QED) is 0.791. The highest BCUT2D eigenvalue weighted by atomic mass is 16.5. The first-order valence-corrected chi connectivity index (χ1v) is 5.35. The Balaban J connectivity index is 1.80. The Hall–Kier alpha value is -2.08. The lowest BCUT2D eigenvalue weighted by molar-refractivity contribution is 0.330. The summed E-state index contributed by atoms with van der Waals surface area (Å²) in [5, 5.41) is 7.65. The van der Waals surface area contributed by atoms with Crippen LogP contribution in [0.25, 0.3) is 5.43 Å². The van der Waals surface area contributed by atoms with Gasteiger partial charge in [0, 0.05) is 19.7 Å². The fraction of sp³-hybridized carbons (Fsp3) is 0.273. The highest BCUT2D eigenvalue weighted by Crippen LogP contribution is 2.40. The summed E-state index contributed by atoms with van der Waals surface area (Å²) in [6.45, 7) is 2.28. The number of nitrogens with zero attached hydrogens (tertiary/aromatic N) is 5. The number of benzene rings is 1. The van der Waals surface area contributed by atoms with Gasteiger partial charge in [-0.3, -0.25) is 5.12 Å². The number of rotatable bonds is 2. The van der Waals surface area contributed by atoms with Gasteiger partial charge < -0.3 is 15.0 Å². The van der Waals surface area contributed by atoms with Crippen LogP contribution in [0.3, 0.4) is 0 Å². The lowest BCUT2D eigenvalue weighted by atomic mass is 10.3. The Morgan fingerprint density at radius 3 is 2.88 bits per heavy atom. The van der Waals surface area contributed by atoms with Crippen LogP contribution in [0.2, 0.25) is 0 Å². The number of anilines is 1. The van der Waals surface area contributed by atoms with Crippen LogP contribution in [0.5, 0.6) is 0 Å². The maximum Gasteiger partial charge on any atom is 0.223 e. The number of hydrogen-bond donors (Lipinski definition) is 0. The highest BCUT2D eigenvalue weighted by molar-refractivity contribution is 5.75. The van der Waals surface area contributed by atoms with Crippen molar-refractivity contribution >= 4 is 11.4 Å². The molecule has 0 atom stereocenters. The average Bonchev–Trinajstić information content (AvgIpc) is 2.86. The number of fused-ring (bicyclic) bond motifs is 1. The van der Waals surface area contributed by atoms with E-state index in [1.807, 2.05) is 41.4 Å². The minimum atomic E-state index is 0.503. The van der Waals surface area contributed by atoms with Gasteiger partial charge in [0.15, 0.2) is 5.82 Å². The van der Waals surface area contributed by atoms with E-state index in [1.165, 1.54) is 0 Å². The zero-order valence-corrected chi connectivity index (χ0v) is 9.66. The highest BCUT2D eigenvalue weighted by Gasteiger charge is 2.15. The maximum absolute atomic E-state index is 4.94. The van der Waals surface area contributed by atoms with Crippen LogP contribution < -0.4 is 5.01 Å². The van der Waals surface area contributed by atoms with Crippen LogP contribution in [-0.4, -0.2) is 22.3 Å². The van der Waals surface area contributed by atoms with Crippen molar-refractivity contribution in [1.82, 2.24) is 15.3 Å². The molecule has 2 aromatic rings. The van der Waals surface area contributed by atoms with Crippen molar-refractivity contribution in [2.75, 3.05) is 12.1 Å². The summed E-state index contributed by atoms with van der Waals surface area (Å²) in [5.74, 6) is 1.20. The van der Waals surface area contributed by atoms with E-state index in [0.717, 1.165) is 11.4 Å². The van der Waals surface area contributed by atoms with Crippen molar-refractivity contribution in [3.63, 3.8) is 0 Å². The van der Waals surface area contributed by atoms with Gasteiger partial charge in [-0.15, -0.1) is 5.69 Å². The number of hydrazine groups is 1. The van der Waals surface area contributed by atoms with Gasteiger partial charge in [0.1, 0.15) is 0 Å². The van der Waals surface area contributed by atoms with Crippen molar-refractivity contribution in [3.8, 4) is 0 Å². The summed E-state index contributed by atoms with van der Waals surface area (Å²) < 4.78 is 4.94. The molecule has 1 aromatic heterocycles. The van der Waals surface area contributed by atoms with Crippen molar-refractivity contribution in [2.24, 2.45) is 0 Å². The minimum absolute atomic E-state index is 0.503. The Kier molecular flexibility index (Phi) is 2.22. The second kappa shape index (κ2) is 3.74. The molecule has 3 rings (SSSR count). The first-order valence-electron chi connectivity index (χ1n) is 5.35. The van der Waals surface area contributed by atoms with Crippen molar-refractivity contribution in [2.45, 2.75) is 13.5 Å². The zero-order valence-electron chi connectivity index (χ0n) is 9.66. The second-order valence-corrected chi connectivity index (χ2v) is 3.87. The van der Waals surface area contributed by atoms with Crippen LogP contribution in [0.4, 0.5) is 11.4 Å². The van der Waals surface area contributed by atoms with Crippen molar-refractivity contribution in [3.05, 3.63) is 41.4 Å². The predicted octanol–water partition coefficient (Wildman–Crippen LogP) is 2.17. The molecule has 6 nitrogen and oxygen atoms in total. The molecule has 6 heteroatoms. The molecule has 17 heavy (non-hydrogen) atoms. The molecule has 0 radical (unpaired) electrons. The largest absolute Gasteiger partial charge is 0.599 e. The van der Waals surface area contributed by atoms with Crippen LogP contribution in [0.1, 0.15) is 11.7 Å². The molecule has 0 N–H and O–H groups in total. The standard InChI is InChI=1S/C11H12N5O/c1-8-12-11(14-17-8)7-16-13-9-5-3-4-6-10(9)15(16)2/h3-6H,7H2,1-2H3/q-1. The van der Waals surface area contributed by atoms with Crippen LogP contribution in [0.15, 0.2) is 28.8 Å². The van der Waals surface area contributed by atoms with E-state index in [9.17, 15) is 0 Å². The third kappa shape index (κ3) is 1.72. The Bertz CT molecular complexity index is 538. The van der Waals surface area contributed by atoms with Crippen LogP contribution in [0, 0.1) is 6.92 Å². The first-order chi connectivity index (χ1) is 8.24. The van der Waals surface area contributed by atoms with Gasteiger partial charge in [0.2, 0.25) is 5.89 Å². The van der Waals surface area contributed by atoms with Gasteiger partial charge in [-0.25, -0.2) is 0 Å². The third-order valence-electron chi connectivity index (χ3n) is 2.65. The van der Waals surface area contributed by atoms with E-state index in [4.69, 9.17) is 4.52 Å². The molecule has 0 fully saturated rings. The zero-order chi connectivity index (χ0) is 11.8. The van der Waals surface area contributed by atoms with Gasteiger partial charge >= 0.3 is 0 Å². The van der Waals surface area contributed by atoms with Crippen molar-refractivity contribution < 1.29 is 4.52 Å². The summed E-state index contributed by atoms with van der Waals surface area (Å²) in [5.41, 5.74) is 6.51. The second-order valence-electron chi connectivity index (χ2n) is 3.87. The molecule has 0 saturated carbocycles. The van der Waals surface area contributed by atoms with Gasteiger partial charge in [0.25, 0.3) is 0 Å². The average molecular weight is 230 g/mol. The maximum atomic E-state index is 4.94. The van der Waals surface area contributed by atoms with Crippen molar-refractivity contribution in [1.29, 1.82) is 0 Å². The third-order valence-corrected chi connectivity index (χ3v) is 2.65. The molecule has 0 bridgehead atoms. The molecule has 0 aliphatic carbocycles. The van der Waals surface area contributed by atoms with Crippen LogP contribution >= 0.6 is 0 Å². The Morgan fingerprint density at radius 2 is 2.18 bits per heavy atom. The number of para-hydroxylation sites is 1. The normalized spacial score (nSPS) is 14.8. The molecule has 1 aliphatic heterocycles. The lowest BCUT2D eigenvalue weighted by Crippen LogP contribution is -2.31. The minimum Gasteiger partial charge on any atom is -0.599 e. The SMILES string of the molecule is Cc1nc(CN2[N-]c3ccccc3N2C)no1. The van der Waals surface area contributed by atoms with Gasteiger partial charge in [-0.1, -0.05) is 23.4 Å². The molecule has 1 aromatic carbocycles. The number of hydrogen-bond acceptors (Lipinski definition) is 5. The van der Waals surface area contributed by atoms with Gasteiger partial charge in [-0.05, 0) is 6.07 Å². The van der Waals surface area contributed by atoms with Crippen LogP contribution in [-0.2, 0) is 6.54 Å². The molecule has 2 heterocycles. The summed E-state index contributed by atoms with van der Waals surface area (Å²) in [6.07, 6.45) is 0. The van der Waals surface area contributed by atoms with E-state index in [1.54, 1.807) is 6.92 Å². The van der Waals surface area contributed by atoms with E-state index >= 15 is 0 Å². The van der Waals surface area contributed by atoms with E-state index in [0.29, 0.717) is 18.3 Å². The first kappa shape index (κ1) is 10.1. The predicted molar refractivity (Wildman–Crippen MR) is 62.4 cm³/mol. The fourth-order valence-corrected chi connectivity index (χ4v) is 1.81.